The van der Waals surface area contributed by atoms with E-state index in [2.05, 4.69) is 62.3 Å². The number of benzene rings is 1. The monoisotopic (exact) mass is 374 g/mol. The third kappa shape index (κ3) is 1.57. The molecule has 1 aromatic carbocycles. The number of nitrogens with zero attached hydrogens (tertiary/aromatic N) is 2. The van der Waals surface area contributed by atoms with Gasteiger partial charge >= 0.3 is 107 Å². The van der Waals surface area contributed by atoms with Crippen molar-refractivity contribution >= 4 is 41.6 Å². The summed E-state index contributed by atoms with van der Waals surface area (Å²) in [7, 11) is 0. The summed E-state index contributed by atoms with van der Waals surface area (Å²) in [5.74, 6) is 0. The molecule has 0 bridgehead atoms. The van der Waals surface area contributed by atoms with Gasteiger partial charge in [0.25, 0.3) is 0 Å². The molecule has 2 nitrogen and oxygen atoms in total. The van der Waals surface area contributed by atoms with Crippen molar-refractivity contribution in [3.05, 3.63) is 46.4 Å². The molecule has 0 amide bonds. The van der Waals surface area contributed by atoms with Gasteiger partial charge < -0.3 is 0 Å². The van der Waals surface area contributed by atoms with Crippen LogP contribution >= 0.6 is 22.6 Å². The van der Waals surface area contributed by atoms with Gasteiger partial charge in [0, 0.05) is 0 Å². The van der Waals surface area contributed by atoms with Gasteiger partial charge in [0.1, 0.15) is 0 Å². The van der Waals surface area contributed by atoms with Crippen LogP contribution in [0, 0.1) is 3.70 Å². The van der Waals surface area contributed by atoms with Crippen LogP contribution in [-0.2, 0) is 0 Å². The maximum atomic E-state index is 4.37. The van der Waals surface area contributed by atoms with Crippen LogP contribution in [0.4, 0.5) is 0 Å². The van der Waals surface area contributed by atoms with Crippen molar-refractivity contribution < 1.29 is 0 Å². The molecular formula is C11H7IN2Se. The zero-order valence-electron chi connectivity index (χ0n) is 7.72. The molecule has 0 aliphatic heterocycles. The van der Waals surface area contributed by atoms with Crippen molar-refractivity contribution in [2.75, 3.05) is 0 Å². The zero-order valence-corrected chi connectivity index (χ0v) is 11.6. The van der Waals surface area contributed by atoms with Gasteiger partial charge in [-0.25, -0.2) is 0 Å². The molecule has 0 fully saturated rings. The van der Waals surface area contributed by atoms with Crippen molar-refractivity contribution in [1.29, 1.82) is 0 Å². The maximum absolute atomic E-state index is 4.37. The molecule has 0 radical (unpaired) electrons. The van der Waals surface area contributed by atoms with Gasteiger partial charge in [-0.15, -0.1) is 0 Å². The van der Waals surface area contributed by atoms with E-state index in [0.717, 1.165) is 0 Å². The number of rotatable bonds is 1. The molecular weight excluding hydrogens is 366 g/mol. The van der Waals surface area contributed by atoms with Gasteiger partial charge in [-0.05, 0) is 0 Å². The Labute approximate surface area is 107 Å². The first-order chi connectivity index (χ1) is 7.36. The van der Waals surface area contributed by atoms with Crippen LogP contribution in [0.5, 0.6) is 0 Å². The van der Waals surface area contributed by atoms with E-state index in [4.69, 9.17) is 0 Å². The summed E-state index contributed by atoms with van der Waals surface area (Å²) in [6.45, 7) is 0. The Morgan fingerprint density at radius 1 is 1.20 bits per heavy atom. The molecule has 0 unspecified atom stereocenters. The summed E-state index contributed by atoms with van der Waals surface area (Å²) in [5, 5.41) is 0. The molecule has 0 atom stereocenters. The second kappa shape index (κ2) is 3.77. The van der Waals surface area contributed by atoms with Crippen LogP contribution in [0.25, 0.3) is 14.5 Å². The van der Waals surface area contributed by atoms with Crippen LogP contribution < -0.4 is 0 Å². The predicted octanol–water partition coefficient (Wildman–Crippen LogP) is 2.66. The number of aromatic nitrogens is 2. The number of hydrogen-bond acceptors (Lipinski definition) is 1. The van der Waals surface area contributed by atoms with Crippen LogP contribution in [0.2, 0.25) is 0 Å². The summed E-state index contributed by atoms with van der Waals surface area (Å²) in [6, 6.07) is 10.6. The third-order valence-corrected chi connectivity index (χ3v) is 6.46. The van der Waals surface area contributed by atoms with E-state index in [1.165, 1.54) is 18.2 Å². The normalized spacial score (nSPS) is 11.0. The van der Waals surface area contributed by atoms with Gasteiger partial charge in [0.2, 0.25) is 0 Å². The second-order valence-electron chi connectivity index (χ2n) is 3.17. The average Bonchev–Trinajstić information content (AvgIpc) is 2.83. The second-order valence-corrected chi connectivity index (χ2v) is 6.24. The fourth-order valence-corrected chi connectivity index (χ4v) is 5.23. The summed E-state index contributed by atoms with van der Waals surface area (Å²) >= 11 is 2.75. The first kappa shape index (κ1) is 9.63. The molecule has 0 aliphatic rings. The topological polar surface area (TPSA) is 17.3 Å². The molecule has 0 N–H and O–H groups in total. The van der Waals surface area contributed by atoms with Crippen LogP contribution in [0.15, 0.2) is 42.7 Å². The quantitative estimate of drug-likeness (QED) is 0.474. The van der Waals surface area contributed by atoms with Crippen molar-refractivity contribution in [2.24, 2.45) is 0 Å². The van der Waals surface area contributed by atoms with Crippen molar-refractivity contribution in [3.63, 3.8) is 0 Å². The van der Waals surface area contributed by atoms with E-state index in [0.29, 0.717) is 14.5 Å². The zero-order chi connectivity index (χ0) is 10.3. The molecule has 4 heteroatoms. The Morgan fingerprint density at radius 3 is 2.73 bits per heavy atom. The van der Waals surface area contributed by atoms with Crippen molar-refractivity contribution in [3.8, 4) is 10.0 Å². The minimum atomic E-state index is 0.349. The molecule has 2 heterocycles. The summed E-state index contributed by atoms with van der Waals surface area (Å²) in [6.07, 6.45) is 3.91. The number of fused-ring (bicyclic) bond motifs is 1. The van der Waals surface area contributed by atoms with Crippen molar-refractivity contribution in [2.45, 2.75) is 0 Å². The van der Waals surface area contributed by atoms with Crippen LogP contribution in [0.3, 0.4) is 0 Å². The Hall–Kier alpha value is -0.581. The molecule has 3 aromatic rings. The summed E-state index contributed by atoms with van der Waals surface area (Å²) in [5.41, 5.74) is 1.33. The third-order valence-electron chi connectivity index (χ3n) is 2.23. The molecule has 0 spiro atoms. The van der Waals surface area contributed by atoms with Gasteiger partial charge in [0.15, 0.2) is 0 Å². The molecule has 3 rings (SSSR count). The molecule has 0 saturated carbocycles. The Kier molecular flexibility index (Phi) is 2.42. The molecule has 15 heavy (non-hydrogen) atoms. The van der Waals surface area contributed by atoms with Gasteiger partial charge in [-0.1, -0.05) is 0 Å². The number of hydrogen-bond donors (Lipinski definition) is 0. The molecule has 0 aliphatic carbocycles. The number of halogens is 1. The first-order valence-electron chi connectivity index (χ1n) is 4.53. The first-order valence-corrected chi connectivity index (χ1v) is 7.32. The van der Waals surface area contributed by atoms with E-state index < -0.39 is 0 Å². The Morgan fingerprint density at radius 2 is 2.00 bits per heavy atom. The molecule has 0 saturated heterocycles. The van der Waals surface area contributed by atoms with E-state index in [9.17, 15) is 0 Å². The average molecular weight is 373 g/mol. The van der Waals surface area contributed by atoms with E-state index in [-0.39, 0.29) is 0 Å². The Balaban J connectivity index is 2.27. The van der Waals surface area contributed by atoms with Crippen molar-refractivity contribution in [1.82, 2.24) is 9.38 Å². The summed E-state index contributed by atoms with van der Waals surface area (Å²) < 4.78 is 6.12. The fraction of sp³-hybridized carbons (Fsp3) is 0. The summed E-state index contributed by atoms with van der Waals surface area (Å²) in [4.78, 5) is 4.37. The van der Waals surface area contributed by atoms with E-state index in [1.807, 2.05) is 12.4 Å². The van der Waals surface area contributed by atoms with Crippen LogP contribution in [0.1, 0.15) is 0 Å². The SMILES string of the molecule is Ic1c(-c2ccccc2)[se]c2nccn12. The standard InChI is InChI=1S/C11H7IN2Se/c12-10-9(8-4-2-1-3-5-8)15-11-13-6-7-14(10)11/h1-7H. The van der Waals surface area contributed by atoms with E-state index >= 15 is 0 Å². The predicted molar refractivity (Wildman–Crippen MR) is 70.3 cm³/mol. The van der Waals surface area contributed by atoms with E-state index in [1.54, 1.807) is 0 Å². The minimum absolute atomic E-state index is 0.349. The molecule has 74 valence electrons. The fourth-order valence-electron chi connectivity index (χ4n) is 1.53. The number of imidazole rings is 1. The molecule has 2 aromatic heterocycles. The van der Waals surface area contributed by atoms with Crippen LogP contribution in [-0.4, -0.2) is 23.9 Å². The van der Waals surface area contributed by atoms with Gasteiger partial charge in [-0.2, -0.15) is 0 Å². The Bertz CT molecular complexity index is 597. The van der Waals surface area contributed by atoms with Gasteiger partial charge in [-0.3, -0.25) is 0 Å². The van der Waals surface area contributed by atoms with Gasteiger partial charge in [0.05, 0.1) is 0 Å².